The summed E-state index contributed by atoms with van der Waals surface area (Å²) in [6.45, 7) is 6.85. The van der Waals surface area contributed by atoms with Gasteiger partial charge in [-0.15, -0.1) is 0 Å². The lowest BCUT2D eigenvalue weighted by Gasteiger charge is -2.35. The molecule has 2 N–H and O–H groups in total. The van der Waals surface area contributed by atoms with Crippen molar-refractivity contribution in [3.8, 4) is 0 Å². The molecule has 0 aromatic carbocycles. The van der Waals surface area contributed by atoms with Gasteiger partial charge in [-0.2, -0.15) is 0 Å². The van der Waals surface area contributed by atoms with E-state index in [1.54, 1.807) is 0 Å². The lowest BCUT2D eigenvalue weighted by atomic mass is 10.0. The summed E-state index contributed by atoms with van der Waals surface area (Å²) in [5, 5.41) is 0. The molecule has 1 heterocycles. The maximum atomic E-state index is 5.71. The molecule has 78 valence electrons. The van der Waals surface area contributed by atoms with Crippen LogP contribution in [0.5, 0.6) is 0 Å². The number of aromatic nitrogens is 1. The van der Waals surface area contributed by atoms with Crippen LogP contribution in [-0.4, -0.2) is 24.1 Å². The molecule has 0 aliphatic heterocycles. The molecule has 1 rings (SSSR count). The van der Waals surface area contributed by atoms with Crippen molar-refractivity contribution in [3.63, 3.8) is 0 Å². The molecule has 3 nitrogen and oxygen atoms in total. The quantitative estimate of drug-likeness (QED) is 0.792. The van der Waals surface area contributed by atoms with Gasteiger partial charge < -0.3 is 10.6 Å². The Morgan fingerprint density at radius 1 is 1.43 bits per heavy atom. The van der Waals surface area contributed by atoms with Gasteiger partial charge in [0.1, 0.15) is 5.82 Å². The molecule has 14 heavy (non-hydrogen) atoms. The van der Waals surface area contributed by atoms with Gasteiger partial charge in [-0.25, -0.2) is 4.98 Å². The largest absolute Gasteiger partial charge is 0.353 e. The number of nitrogens with zero attached hydrogens (tertiary/aromatic N) is 2. The lowest BCUT2D eigenvalue weighted by molar-refractivity contribution is 0.494. The molecule has 0 atom stereocenters. The fourth-order valence-electron chi connectivity index (χ4n) is 1.11. The summed E-state index contributed by atoms with van der Waals surface area (Å²) in [6, 6.07) is 4.08. The van der Waals surface area contributed by atoms with Crippen LogP contribution in [0.1, 0.15) is 19.4 Å². The van der Waals surface area contributed by atoms with Crippen molar-refractivity contribution in [3.05, 3.63) is 23.9 Å². The van der Waals surface area contributed by atoms with E-state index in [4.69, 9.17) is 5.73 Å². The van der Waals surface area contributed by atoms with Crippen LogP contribution in [0.4, 0.5) is 5.82 Å². The summed E-state index contributed by atoms with van der Waals surface area (Å²) >= 11 is 0. The Bertz CT molecular complexity index is 290. The lowest BCUT2D eigenvalue weighted by Crippen LogP contribution is -2.47. The monoisotopic (exact) mass is 193 g/mol. The first-order chi connectivity index (χ1) is 6.47. The highest BCUT2D eigenvalue weighted by Crippen LogP contribution is 2.18. The molecule has 1 aromatic rings. The summed E-state index contributed by atoms with van der Waals surface area (Å²) in [5.74, 6) is 0.964. The molecule has 0 aliphatic carbocycles. The van der Waals surface area contributed by atoms with Gasteiger partial charge in [-0.05, 0) is 32.4 Å². The van der Waals surface area contributed by atoms with Gasteiger partial charge in [0.25, 0.3) is 0 Å². The fourth-order valence-corrected chi connectivity index (χ4v) is 1.11. The molecular weight excluding hydrogens is 174 g/mol. The van der Waals surface area contributed by atoms with Crippen molar-refractivity contribution >= 4 is 5.82 Å². The topological polar surface area (TPSA) is 42.1 Å². The van der Waals surface area contributed by atoms with Gasteiger partial charge in [-0.3, -0.25) is 0 Å². The number of anilines is 1. The zero-order valence-electron chi connectivity index (χ0n) is 9.41. The SMILES string of the molecule is Cc1ccc(N(C)C(C)(C)CN)nc1. The van der Waals surface area contributed by atoms with Crippen LogP contribution in [0.3, 0.4) is 0 Å². The van der Waals surface area contributed by atoms with Crippen LogP contribution in [0.15, 0.2) is 18.3 Å². The van der Waals surface area contributed by atoms with Crippen molar-refractivity contribution in [2.24, 2.45) is 5.73 Å². The smallest absolute Gasteiger partial charge is 0.128 e. The first kappa shape index (κ1) is 11.0. The molecular formula is C11H19N3. The van der Waals surface area contributed by atoms with E-state index in [9.17, 15) is 0 Å². The molecule has 0 aliphatic rings. The highest BCUT2D eigenvalue weighted by Gasteiger charge is 2.22. The summed E-state index contributed by atoms with van der Waals surface area (Å²) in [4.78, 5) is 6.47. The second-order valence-corrected chi connectivity index (χ2v) is 4.27. The number of aryl methyl sites for hydroxylation is 1. The third kappa shape index (κ3) is 2.23. The van der Waals surface area contributed by atoms with Crippen LogP contribution >= 0.6 is 0 Å². The Labute approximate surface area is 85.9 Å². The van der Waals surface area contributed by atoms with Gasteiger partial charge in [0.05, 0.1) is 0 Å². The Hall–Kier alpha value is -1.09. The van der Waals surface area contributed by atoms with E-state index in [-0.39, 0.29) is 5.54 Å². The zero-order chi connectivity index (χ0) is 10.8. The summed E-state index contributed by atoms with van der Waals surface area (Å²) in [5.41, 5.74) is 6.83. The Morgan fingerprint density at radius 2 is 2.07 bits per heavy atom. The first-order valence-electron chi connectivity index (χ1n) is 4.84. The highest BCUT2D eigenvalue weighted by atomic mass is 15.2. The Kier molecular flexibility index (Phi) is 3.11. The van der Waals surface area contributed by atoms with Crippen molar-refractivity contribution in [2.45, 2.75) is 26.3 Å². The third-order valence-electron chi connectivity index (χ3n) is 2.65. The minimum atomic E-state index is -0.0533. The van der Waals surface area contributed by atoms with Crippen LogP contribution < -0.4 is 10.6 Å². The maximum absolute atomic E-state index is 5.71. The van der Waals surface area contributed by atoms with Gasteiger partial charge in [0.2, 0.25) is 0 Å². The predicted molar refractivity (Wildman–Crippen MR) is 60.5 cm³/mol. The molecule has 0 bridgehead atoms. The minimum absolute atomic E-state index is 0.0533. The number of hydrogen-bond acceptors (Lipinski definition) is 3. The Balaban J connectivity index is 2.89. The minimum Gasteiger partial charge on any atom is -0.353 e. The van der Waals surface area contributed by atoms with E-state index < -0.39 is 0 Å². The fraction of sp³-hybridized carbons (Fsp3) is 0.545. The second-order valence-electron chi connectivity index (χ2n) is 4.27. The standard InChI is InChI=1S/C11H19N3/c1-9-5-6-10(13-7-9)14(4)11(2,3)8-12/h5-7H,8,12H2,1-4H3. The summed E-state index contributed by atoms with van der Waals surface area (Å²) in [6.07, 6.45) is 1.87. The molecule has 1 aromatic heterocycles. The normalized spacial score (nSPS) is 11.5. The second kappa shape index (κ2) is 3.96. The number of rotatable bonds is 3. The van der Waals surface area contributed by atoms with Gasteiger partial charge in [-0.1, -0.05) is 6.07 Å². The Morgan fingerprint density at radius 3 is 2.50 bits per heavy atom. The van der Waals surface area contributed by atoms with Crippen LogP contribution in [0, 0.1) is 6.92 Å². The number of nitrogens with two attached hydrogens (primary N) is 1. The van der Waals surface area contributed by atoms with Crippen molar-refractivity contribution in [1.82, 2.24) is 4.98 Å². The van der Waals surface area contributed by atoms with Crippen LogP contribution in [0.2, 0.25) is 0 Å². The third-order valence-corrected chi connectivity index (χ3v) is 2.65. The predicted octanol–water partition coefficient (Wildman–Crippen LogP) is 1.56. The van der Waals surface area contributed by atoms with Gasteiger partial charge in [0, 0.05) is 25.3 Å². The zero-order valence-corrected chi connectivity index (χ0v) is 9.41. The molecule has 0 saturated carbocycles. The number of hydrogen-bond donors (Lipinski definition) is 1. The summed E-state index contributed by atoms with van der Waals surface area (Å²) in [7, 11) is 2.02. The highest BCUT2D eigenvalue weighted by molar-refractivity contribution is 5.41. The van der Waals surface area contributed by atoms with E-state index in [1.807, 2.05) is 26.2 Å². The summed E-state index contributed by atoms with van der Waals surface area (Å²) < 4.78 is 0. The average Bonchev–Trinajstić information content (AvgIpc) is 2.18. The van der Waals surface area contributed by atoms with Gasteiger partial charge in [0.15, 0.2) is 0 Å². The molecule has 0 fully saturated rings. The molecule has 0 amide bonds. The van der Waals surface area contributed by atoms with E-state index in [0.29, 0.717) is 6.54 Å². The van der Waals surface area contributed by atoms with E-state index in [0.717, 1.165) is 5.82 Å². The molecule has 0 radical (unpaired) electrons. The molecule has 0 unspecified atom stereocenters. The van der Waals surface area contributed by atoms with Crippen LogP contribution in [0.25, 0.3) is 0 Å². The van der Waals surface area contributed by atoms with Crippen LogP contribution in [-0.2, 0) is 0 Å². The van der Waals surface area contributed by atoms with Crippen molar-refractivity contribution in [1.29, 1.82) is 0 Å². The number of likely N-dealkylation sites (N-methyl/N-ethyl adjacent to an activating group) is 1. The maximum Gasteiger partial charge on any atom is 0.128 e. The van der Waals surface area contributed by atoms with Crippen molar-refractivity contribution in [2.75, 3.05) is 18.5 Å². The molecule has 0 saturated heterocycles. The first-order valence-corrected chi connectivity index (χ1v) is 4.84. The van der Waals surface area contributed by atoms with E-state index in [2.05, 4.69) is 29.8 Å². The molecule has 0 spiro atoms. The van der Waals surface area contributed by atoms with E-state index >= 15 is 0 Å². The van der Waals surface area contributed by atoms with Gasteiger partial charge >= 0.3 is 0 Å². The molecule has 3 heteroatoms. The average molecular weight is 193 g/mol. The number of pyridine rings is 1. The van der Waals surface area contributed by atoms with E-state index in [1.165, 1.54) is 5.56 Å². The van der Waals surface area contributed by atoms with Crippen molar-refractivity contribution < 1.29 is 0 Å².